The monoisotopic (exact) mass is 326 g/mol. The molecule has 1 aromatic carbocycles. The zero-order chi connectivity index (χ0) is 16.4. The second kappa shape index (κ2) is 6.69. The Kier molecular flexibility index (Phi) is 4.26. The number of para-hydroxylation sites is 1. The van der Waals surface area contributed by atoms with Crippen molar-refractivity contribution in [1.29, 1.82) is 0 Å². The summed E-state index contributed by atoms with van der Waals surface area (Å²) in [7, 11) is 0. The van der Waals surface area contributed by atoms with Gasteiger partial charge in [0.15, 0.2) is 5.76 Å². The molecule has 2 aromatic rings. The number of hydrogen-bond donors (Lipinski definition) is 1. The Morgan fingerprint density at radius 3 is 2.88 bits per heavy atom. The molecule has 1 fully saturated rings. The van der Waals surface area contributed by atoms with Crippen molar-refractivity contribution < 1.29 is 13.9 Å². The van der Waals surface area contributed by atoms with E-state index in [-0.39, 0.29) is 11.9 Å². The van der Waals surface area contributed by atoms with E-state index >= 15 is 0 Å². The highest BCUT2D eigenvalue weighted by atomic mass is 16.5. The molecule has 3 heterocycles. The van der Waals surface area contributed by atoms with Gasteiger partial charge in [0.2, 0.25) is 0 Å². The zero-order valence-electron chi connectivity index (χ0n) is 13.7. The first-order valence-electron chi connectivity index (χ1n) is 8.60. The van der Waals surface area contributed by atoms with Crippen LogP contribution in [0.4, 0.5) is 0 Å². The molecule has 1 unspecified atom stereocenters. The molecule has 2 aliphatic heterocycles. The number of benzene rings is 1. The van der Waals surface area contributed by atoms with Gasteiger partial charge < -0.3 is 14.5 Å². The molecule has 24 heavy (non-hydrogen) atoms. The first kappa shape index (κ1) is 15.3. The molecule has 2 aliphatic rings. The van der Waals surface area contributed by atoms with E-state index in [1.165, 1.54) is 12.8 Å². The van der Waals surface area contributed by atoms with E-state index in [4.69, 9.17) is 9.15 Å². The Hall–Kier alpha value is -2.27. The molecular weight excluding hydrogens is 304 g/mol. The first-order chi connectivity index (χ1) is 11.8. The van der Waals surface area contributed by atoms with Crippen LogP contribution >= 0.6 is 0 Å². The fourth-order valence-electron chi connectivity index (χ4n) is 3.42. The maximum absolute atomic E-state index is 12.4. The van der Waals surface area contributed by atoms with Gasteiger partial charge in [-0.3, -0.25) is 9.69 Å². The average molecular weight is 326 g/mol. The minimum atomic E-state index is -0.171. The number of likely N-dealkylation sites (tertiary alicyclic amines) is 1. The second-order valence-corrected chi connectivity index (χ2v) is 6.54. The standard InChI is InChI=1S/C19H22N2O3/c22-19(18-8-7-16(24-18)12-21-9-3-4-10-21)20-15-11-14-5-1-2-6-17(14)23-13-15/h1-2,5-8,15H,3-4,9-13H2,(H,20,22). The molecule has 5 nitrogen and oxygen atoms in total. The largest absolute Gasteiger partial charge is 0.491 e. The lowest BCUT2D eigenvalue weighted by atomic mass is 10.0. The van der Waals surface area contributed by atoms with Crippen LogP contribution in [0, 0.1) is 0 Å². The van der Waals surface area contributed by atoms with Crippen molar-refractivity contribution in [3.05, 3.63) is 53.5 Å². The van der Waals surface area contributed by atoms with E-state index < -0.39 is 0 Å². The quantitative estimate of drug-likeness (QED) is 0.938. The van der Waals surface area contributed by atoms with Gasteiger partial charge in [-0.05, 0) is 56.1 Å². The van der Waals surface area contributed by atoms with Crippen molar-refractivity contribution in [2.45, 2.75) is 31.8 Å². The van der Waals surface area contributed by atoms with Crippen LogP contribution in [0.3, 0.4) is 0 Å². The van der Waals surface area contributed by atoms with Crippen LogP contribution in [-0.4, -0.2) is 36.5 Å². The maximum Gasteiger partial charge on any atom is 0.287 e. The van der Waals surface area contributed by atoms with Gasteiger partial charge in [0.1, 0.15) is 18.1 Å². The number of carbonyl (C=O) groups is 1. The molecule has 5 heteroatoms. The smallest absolute Gasteiger partial charge is 0.287 e. The summed E-state index contributed by atoms with van der Waals surface area (Å²) in [4.78, 5) is 14.8. The van der Waals surface area contributed by atoms with E-state index in [1.807, 2.05) is 30.3 Å². The van der Waals surface area contributed by atoms with Crippen LogP contribution in [0.1, 0.15) is 34.7 Å². The summed E-state index contributed by atoms with van der Waals surface area (Å²) in [6.45, 7) is 3.50. The minimum absolute atomic E-state index is 0.0282. The molecule has 1 saturated heterocycles. The van der Waals surface area contributed by atoms with E-state index in [2.05, 4.69) is 10.2 Å². The number of nitrogens with zero attached hydrogens (tertiary/aromatic N) is 1. The minimum Gasteiger partial charge on any atom is -0.491 e. The van der Waals surface area contributed by atoms with Gasteiger partial charge >= 0.3 is 0 Å². The molecular formula is C19H22N2O3. The van der Waals surface area contributed by atoms with Gasteiger partial charge in [-0.25, -0.2) is 0 Å². The molecule has 1 aromatic heterocycles. The van der Waals surface area contributed by atoms with Crippen molar-refractivity contribution in [3.8, 4) is 5.75 Å². The number of ether oxygens (including phenoxy) is 1. The van der Waals surface area contributed by atoms with Gasteiger partial charge in [0, 0.05) is 0 Å². The van der Waals surface area contributed by atoms with Gasteiger partial charge in [0.25, 0.3) is 5.91 Å². The molecule has 4 rings (SSSR count). The molecule has 0 aliphatic carbocycles. The third-order valence-corrected chi connectivity index (χ3v) is 4.68. The molecule has 0 bridgehead atoms. The van der Waals surface area contributed by atoms with Crippen molar-refractivity contribution >= 4 is 5.91 Å². The topological polar surface area (TPSA) is 54.7 Å². The van der Waals surface area contributed by atoms with Crippen LogP contribution in [0.25, 0.3) is 0 Å². The third-order valence-electron chi connectivity index (χ3n) is 4.68. The van der Waals surface area contributed by atoms with Crippen molar-refractivity contribution in [2.24, 2.45) is 0 Å². The van der Waals surface area contributed by atoms with Crippen molar-refractivity contribution in [3.63, 3.8) is 0 Å². The summed E-state index contributed by atoms with van der Waals surface area (Å²) in [6, 6.07) is 11.6. The summed E-state index contributed by atoms with van der Waals surface area (Å²) < 4.78 is 11.4. The summed E-state index contributed by atoms with van der Waals surface area (Å²) in [6.07, 6.45) is 3.28. The van der Waals surface area contributed by atoms with Crippen molar-refractivity contribution in [2.75, 3.05) is 19.7 Å². The fourth-order valence-corrected chi connectivity index (χ4v) is 3.42. The number of fused-ring (bicyclic) bond motifs is 1. The lowest BCUT2D eigenvalue weighted by Gasteiger charge is -2.25. The number of carbonyl (C=O) groups excluding carboxylic acids is 1. The Morgan fingerprint density at radius 1 is 1.17 bits per heavy atom. The highest BCUT2D eigenvalue weighted by molar-refractivity contribution is 5.91. The van der Waals surface area contributed by atoms with Gasteiger partial charge in [-0.15, -0.1) is 0 Å². The van der Waals surface area contributed by atoms with E-state index in [1.54, 1.807) is 6.07 Å². The van der Waals surface area contributed by atoms with Crippen molar-refractivity contribution in [1.82, 2.24) is 10.2 Å². The molecule has 1 N–H and O–H groups in total. The van der Waals surface area contributed by atoms with E-state index in [0.717, 1.165) is 43.1 Å². The predicted molar refractivity (Wildman–Crippen MR) is 90.1 cm³/mol. The van der Waals surface area contributed by atoms with Gasteiger partial charge in [0.05, 0.1) is 12.6 Å². The number of hydrogen-bond acceptors (Lipinski definition) is 4. The SMILES string of the molecule is O=C(NC1COc2ccccc2C1)c1ccc(CN2CCCC2)o1. The summed E-state index contributed by atoms with van der Waals surface area (Å²) >= 11 is 0. The number of furan rings is 1. The Balaban J connectivity index is 1.35. The van der Waals surface area contributed by atoms with Gasteiger partial charge in [-0.1, -0.05) is 18.2 Å². The molecule has 1 amide bonds. The number of amides is 1. The lowest BCUT2D eigenvalue weighted by Crippen LogP contribution is -2.42. The molecule has 0 spiro atoms. The average Bonchev–Trinajstić information content (AvgIpc) is 3.27. The Morgan fingerprint density at radius 2 is 2.00 bits per heavy atom. The predicted octanol–water partition coefficient (Wildman–Crippen LogP) is 2.61. The van der Waals surface area contributed by atoms with Crippen LogP contribution in [0.5, 0.6) is 5.75 Å². The Labute approximate surface area is 141 Å². The maximum atomic E-state index is 12.4. The molecule has 1 atom stereocenters. The van der Waals surface area contributed by atoms with Crippen LogP contribution in [-0.2, 0) is 13.0 Å². The van der Waals surface area contributed by atoms with Crippen LogP contribution < -0.4 is 10.1 Å². The highest BCUT2D eigenvalue weighted by Crippen LogP contribution is 2.24. The number of nitrogens with one attached hydrogen (secondary N) is 1. The zero-order valence-corrected chi connectivity index (χ0v) is 13.7. The lowest BCUT2D eigenvalue weighted by molar-refractivity contribution is 0.0884. The van der Waals surface area contributed by atoms with Crippen LogP contribution in [0.2, 0.25) is 0 Å². The highest BCUT2D eigenvalue weighted by Gasteiger charge is 2.23. The second-order valence-electron chi connectivity index (χ2n) is 6.54. The normalized spacial score (nSPS) is 20.4. The van der Waals surface area contributed by atoms with E-state index in [9.17, 15) is 4.79 Å². The first-order valence-corrected chi connectivity index (χ1v) is 8.60. The van der Waals surface area contributed by atoms with Gasteiger partial charge in [-0.2, -0.15) is 0 Å². The molecule has 0 saturated carbocycles. The van der Waals surface area contributed by atoms with E-state index in [0.29, 0.717) is 12.4 Å². The Bertz CT molecular complexity index is 719. The number of rotatable bonds is 4. The molecule has 126 valence electrons. The fraction of sp³-hybridized carbons (Fsp3) is 0.421. The molecule has 0 radical (unpaired) electrons. The summed E-state index contributed by atoms with van der Waals surface area (Å²) in [5.41, 5.74) is 1.13. The summed E-state index contributed by atoms with van der Waals surface area (Å²) in [5, 5.41) is 3.01. The third kappa shape index (κ3) is 3.31. The van der Waals surface area contributed by atoms with Crippen LogP contribution in [0.15, 0.2) is 40.8 Å². The summed E-state index contributed by atoms with van der Waals surface area (Å²) in [5.74, 6) is 1.97.